The van der Waals surface area contributed by atoms with E-state index >= 15 is 0 Å². The largest absolute Gasteiger partial charge is 0.271 e. The van der Waals surface area contributed by atoms with Gasteiger partial charge in [-0.3, -0.25) is 11.3 Å². The Kier molecular flexibility index (Phi) is 4.75. The van der Waals surface area contributed by atoms with Gasteiger partial charge in [-0.05, 0) is 24.5 Å². The van der Waals surface area contributed by atoms with Crippen molar-refractivity contribution in [3.05, 3.63) is 47.3 Å². The second-order valence-corrected chi connectivity index (χ2v) is 3.61. The van der Waals surface area contributed by atoms with E-state index in [1.165, 1.54) is 6.07 Å². The Morgan fingerprint density at radius 3 is 2.93 bits per heavy atom. The number of nitrogens with two attached hydrogens (primary N) is 1. The first-order valence-electron chi connectivity index (χ1n) is 4.71. The summed E-state index contributed by atoms with van der Waals surface area (Å²) in [5.41, 5.74) is 3.30. The van der Waals surface area contributed by atoms with Crippen molar-refractivity contribution in [1.82, 2.24) is 5.43 Å². The van der Waals surface area contributed by atoms with Crippen LogP contribution < -0.4 is 11.3 Å². The topological polar surface area (TPSA) is 38.0 Å². The molecule has 0 amide bonds. The highest BCUT2D eigenvalue weighted by molar-refractivity contribution is 6.31. The van der Waals surface area contributed by atoms with Gasteiger partial charge in [-0.25, -0.2) is 4.39 Å². The second-order valence-electron chi connectivity index (χ2n) is 3.23. The van der Waals surface area contributed by atoms with Crippen molar-refractivity contribution >= 4 is 11.6 Å². The maximum atomic E-state index is 13.2. The minimum absolute atomic E-state index is 0.129. The lowest BCUT2D eigenvalue weighted by Gasteiger charge is -2.16. The van der Waals surface area contributed by atoms with E-state index in [-0.39, 0.29) is 11.1 Å². The average molecular weight is 229 g/mol. The Balaban J connectivity index is 2.90. The van der Waals surface area contributed by atoms with Gasteiger partial charge in [-0.15, -0.1) is 6.58 Å². The van der Waals surface area contributed by atoms with E-state index in [2.05, 4.69) is 12.0 Å². The highest BCUT2D eigenvalue weighted by Crippen LogP contribution is 2.27. The van der Waals surface area contributed by atoms with Crippen molar-refractivity contribution in [2.75, 3.05) is 0 Å². The van der Waals surface area contributed by atoms with Crippen LogP contribution in [0.2, 0.25) is 5.02 Å². The Hall–Kier alpha value is -0.900. The lowest BCUT2D eigenvalue weighted by atomic mass is 10.0. The van der Waals surface area contributed by atoms with Crippen molar-refractivity contribution in [2.45, 2.75) is 18.9 Å². The van der Waals surface area contributed by atoms with Gasteiger partial charge in [0.15, 0.2) is 0 Å². The molecule has 0 saturated heterocycles. The van der Waals surface area contributed by atoms with Gasteiger partial charge < -0.3 is 0 Å². The molecule has 2 nitrogen and oxygen atoms in total. The number of nitrogens with one attached hydrogen (secondary N) is 1. The van der Waals surface area contributed by atoms with Gasteiger partial charge in [0.25, 0.3) is 0 Å². The van der Waals surface area contributed by atoms with Gasteiger partial charge >= 0.3 is 0 Å². The van der Waals surface area contributed by atoms with Gasteiger partial charge in [-0.1, -0.05) is 29.8 Å². The predicted octanol–water partition coefficient (Wildman–Crippen LogP) is 2.95. The zero-order valence-electron chi connectivity index (χ0n) is 8.34. The predicted molar refractivity (Wildman–Crippen MR) is 60.9 cm³/mol. The Morgan fingerprint density at radius 1 is 1.60 bits per heavy atom. The van der Waals surface area contributed by atoms with Gasteiger partial charge in [0, 0.05) is 6.04 Å². The molecule has 0 aliphatic rings. The van der Waals surface area contributed by atoms with E-state index in [1.807, 2.05) is 0 Å². The molecule has 0 spiro atoms. The van der Waals surface area contributed by atoms with E-state index in [0.717, 1.165) is 12.8 Å². The van der Waals surface area contributed by atoms with Crippen LogP contribution in [0.15, 0.2) is 30.9 Å². The first kappa shape index (κ1) is 12.2. The molecular weight excluding hydrogens is 215 g/mol. The average Bonchev–Trinajstić information content (AvgIpc) is 2.25. The number of allylic oxidation sites excluding steroid dienone is 1. The van der Waals surface area contributed by atoms with Crippen molar-refractivity contribution < 1.29 is 4.39 Å². The standard InChI is InChI=1S/C11H14ClFN2/c1-2-3-7-10(15-14)8-5-4-6-9(13)11(8)12/h2,4-6,10,15H,1,3,7,14H2. The third-order valence-corrected chi connectivity index (χ3v) is 2.62. The molecule has 82 valence electrons. The van der Waals surface area contributed by atoms with Crippen LogP contribution in [0.1, 0.15) is 24.4 Å². The minimum Gasteiger partial charge on any atom is -0.271 e. The molecule has 1 rings (SSSR count). The molecule has 0 heterocycles. The quantitative estimate of drug-likeness (QED) is 0.462. The van der Waals surface area contributed by atoms with Crippen LogP contribution in [0, 0.1) is 5.82 Å². The zero-order chi connectivity index (χ0) is 11.3. The van der Waals surface area contributed by atoms with Crippen LogP contribution in [-0.2, 0) is 0 Å². The van der Waals surface area contributed by atoms with Gasteiger partial charge in [0.2, 0.25) is 0 Å². The van der Waals surface area contributed by atoms with Gasteiger partial charge in [-0.2, -0.15) is 0 Å². The molecule has 0 saturated carbocycles. The summed E-state index contributed by atoms with van der Waals surface area (Å²) in [4.78, 5) is 0. The van der Waals surface area contributed by atoms with Crippen molar-refractivity contribution in [3.63, 3.8) is 0 Å². The summed E-state index contributed by atoms with van der Waals surface area (Å²) in [5, 5.41) is 0.129. The molecule has 0 radical (unpaired) electrons. The first-order chi connectivity index (χ1) is 7.20. The number of hydrogen-bond donors (Lipinski definition) is 2. The van der Waals surface area contributed by atoms with E-state index in [1.54, 1.807) is 18.2 Å². The van der Waals surface area contributed by atoms with Crippen molar-refractivity contribution in [2.24, 2.45) is 5.84 Å². The molecule has 15 heavy (non-hydrogen) atoms. The van der Waals surface area contributed by atoms with Crippen LogP contribution in [0.25, 0.3) is 0 Å². The molecule has 0 aliphatic heterocycles. The van der Waals surface area contributed by atoms with E-state index in [0.29, 0.717) is 5.56 Å². The fourth-order valence-corrected chi connectivity index (χ4v) is 1.66. The van der Waals surface area contributed by atoms with Crippen LogP contribution in [0.5, 0.6) is 0 Å². The highest BCUT2D eigenvalue weighted by Gasteiger charge is 2.14. The summed E-state index contributed by atoms with van der Waals surface area (Å²) in [5.74, 6) is 4.98. The van der Waals surface area contributed by atoms with Crippen molar-refractivity contribution in [3.8, 4) is 0 Å². The van der Waals surface area contributed by atoms with E-state index in [9.17, 15) is 4.39 Å². The maximum Gasteiger partial charge on any atom is 0.142 e. The molecule has 0 bridgehead atoms. The smallest absolute Gasteiger partial charge is 0.142 e. The van der Waals surface area contributed by atoms with Crippen molar-refractivity contribution in [1.29, 1.82) is 0 Å². The summed E-state index contributed by atoms with van der Waals surface area (Å²) in [7, 11) is 0. The summed E-state index contributed by atoms with van der Waals surface area (Å²) >= 11 is 5.85. The fraction of sp³-hybridized carbons (Fsp3) is 0.273. The molecule has 0 aromatic heterocycles. The van der Waals surface area contributed by atoms with Crippen LogP contribution in [0.3, 0.4) is 0 Å². The number of hydrazine groups is 1. The monoisotopic (exact) mass is 228 g/mol. The molecule has 0 aliphatic carbocycles. The third-order valence-electron chi connectivity index (χ3n) is 2.22. The molecule has 0 fully saturated rings. The third kappa shape index (κ3) is 3.02. The number of benzene rings is 1. The molecule has 4 heteroatoms. The molecule has 3 N–H and O–H groups in total. The lowest BCUT2D eigenvalue weighted by molar-refractivity contribution is 0.516. The van der Waals surface area contributed by atoms with Crippen LogP contribution >= 0.6 is 11.6 Å². The Morgan fingerprint density at radius 2 is 2.33 bits per heavy atom. The van der Waals surface area contributed by atoms with Crippen LogP contribution in [-0.4, -0.2) is 0 Å². The second kappa shape index (κ2) is 5.85. The maximum absolute atomic E-state index is 13.2. The first-order valence-corrected chi connectivity index (χ1v) is 5.09. The molecule has 1 atom stereocenters. The highest BCUT2D eigenvalue weighted by atomic mass is 35.5. The number of hydrogen-bond acceptors (Lipinski definition) is 2. The number of rotatable bonds is 5. The normalized spacial score (nSPS) is 12.5. The fourth-order valence-electron chi connectivity index (χ4n) is 1.40. The zero-order valence-corrected chi connectivity index (χ0v) is 9.10. The Labute approximate surface area is 93.9 Å². The SMILES string of the molecule is C=CCCC(NN)c1cccc(F)c1Cl. The molecule has 1 aromatic carbocycles. The number of halogens is 2. The molecule has 1 unspecified atom stereocenters. The summed E-state index contributed by atoms with van der Waals surface area (Å²) in [6.07, 6.45) is 3.32. The van der Waals surface area contributed by atoms with Gasteiger partial charge in [0.05, 0.1) is 5.02 Å². The summed E-state index contributed by atoms with van der Waals surface area (Å²) in [6.45, 7) is 3.62. The Bertz CT molecular complexity index is 341. The summed E-state index contributed by atoms with van der Waals surface area (Å²) < 4.78 is 13.2. The van der Waals surface area contributed by atoms with Crippen LogP contribution in [0.4, 0.5) is 4.39 Å². The summed E-state index contributed by atoms with van der Waals surface area (Å²) in [6, 6.07) is 4.56. The minimum atomic E-state index is -0.423. The van der Waals surface area contributed by atoms with E-state index < -0.39 is 5.82 Å². The molecular formula is C11H14ClFN2. The van der Waals surface area contributed by atoms with E-state index in [4.69, 9.17) is 17.4 Å². The lowest BCUT2D eigenvalue weighted by Crippen LogP contribution is -2.28. The molecule has 1 aromatic rings. The van der Waals surface area contributed by atoms with Gasteiger partial charge in [0.1, 0.15) is 5.82 Å².